The molecule has 0 aliphatic rings. The summed E-state index contributed by atoms with van der Waals surface area (Å²) in [6.07, 6.45) is 1.30. The van der Waals surface area contributed by atoms with Crippen molar-refractivity contribution in [3.8, 4) is 5.75 Å². The summed E-state index contributed by atoms with van der Waals surface area (Å²) in [4.78, 5) is 26.9. The van der Waals surface area contributed by atoms with Gasteiger partial charge in [-0.15, -0.1) is 0 Å². The highest BCUT2D eigenvalue weighted by atomic mass is 32.2. The first-order valence-corrected chi connectivity index (χ1v) is 14.4. The van der Waals surface area contributed by atoms with Crippen LogP contribution in [0.4, 0.5) is 0 Å². The third kappa shape index (κ3) is 8.04. The van der Waals surface area contributed by atoms with Gasteiger partial charge >= 0.3 is 5.97 Å². The molecule has 0 spiro atoms. The van der Waals surface area contributed by atoms with Crippen molar-refractivity contribution in [1.82, 2.24) is 10.6 Å². The van der Waals surface area contributed by atoms with Gasteiger partial charge in [-0.1, -0.05) is 77.1 Å². The van der Waals surface area contributed by atoms with Gasteiger partial charge in [0.2, 0.25) is 0 Å². The van der Waals surface area contributed by atoms with E-state index >= 15 is 0 Å². The minimum atomic E-state index is -3.48. The number of carbonyl (C=O) groups is 2. The summed E-state index contributed by atoms with van der Waals surface area (Å²) in [6, 6.07) is 13.4. The van der Waals surface area contributed by atoms with Crippen LogP contribution in [-0.4, -0.2) is 56.0 Å². The van der Waals surface area contributed by atoms with Crippen molar-refractivity contribution in [3.63, 3.8) is 0 Å². The van der Waals surface area contributed by atoms with E-state index < -0.39 is 39.2 Å². The second-order valence-corrected chi connectivity index (χ2v) is 13.0. The smallest absolute Gasteiger partial charge is 0.336 e. The molecule has 0 heterocycles. The lowest BCUT2D eigenvalue weighted by Crippen LogP contribution is -2.66. The average Bonchev–Trinajstić information content (AvgIpc) is 2.78. The predicted octanol–water partition coefficient (Wildman–Crippen LogP) is 3.12. The highest BCUT2D eigenvalue weighted by Gasteiger charge is 2.49. The zero-order valence-corrected chi connectivity index (χ0v) is 23.6. The van der Waals surface area contributed by atoms with Crippen LogP contribution < -0.4 is 10.6 Å². The van der Waals surface area contributed by atoms with E-state index in [0.717, 1.165) is 17.4 Å². The molecule has 1 amide bonds. The van der Waals surface area contributed by atoms with Gasteiger partial charge in [0.1, 0.15) is 22.2 Å². The number of esters is 1. The molecule has 0 radical (unpaired) electrons. The zero-order valence-electron chi connectivity index (χ0n) is 22.8. The maximum absolute atomic E-state index is 13.6. The summed E-state index contributed by atoms with van der Waals surface area (Å²) < 4.78 is 30.0. The minimum Gasteiger partial charge on any atom is -0.508 e. The van der Waals surface area contributed by atoms with Gasteiger partial charge in [-0.2, -0.15) is 0 Å². The van der Waals surface area contributed by atoms with Gasteiger partial charge in [0.25, 0.3) is 5.91 Å². The van der Waals surface area contributed by atoms with Crippen molar-refractivity contribution < 1.29 is 27.9 Å². The van der Waals surface area contributed by atoms with Gasteiger partial charge < -0.3 is 15.2 Å². The number of ether oxygens (including phenoxy) is 1. The summed E-state index contributed by atoms with van der Waals surface area (Å²) in [7, 11) is -1.97. The summed E-state index contributed by atoms with van der Waals surface area (Å²) in [5.74, 6) is -2.08. The van der Waals surface area contributed by atoms with E-state index in [0.29, 0.717) is 5.56 Å². The molecule has 2 rings (SSSR count). The number of phenols is 1. The summed E-state index contributed by atoms with van der Waals surface area (Å²) in [5, 5.41) is 16.0. The average molecular weight is 533 g/mol. The number of aromatic hydroxyl groups is 1. The van der Waals surface area contributed by atoms with Gasteiger partial charge in [0, 0.05) is 12.3 Å². The molecule has 3 N–H and O–H groups in total. The number of likely N-dealkylation sites (N-methyl/N-ethyl adjacent to an activating group) is 1. The Kier molecular flexibility index (Phi) is 9.91. The second-order valence-electron chi connectivity index (χ2n) is 10.8. The van der Waals surface area contributed by atoms with Crippen LogP contribution in [0.3, 0.4) is 0 Å². The van der Waals surface area contributed by atoms with Crippen molar-refractivity contribution in [1.29, 1.82) is 0 Å². The standard InChI is InChI=1S/C28H40N2O6S/c1-19(2)28(29-6,26(33)36-17-20-11-9-8-10-12-20)25(32)30-22(18-37(7,34)35)15-21-13-14-24(31)23(16-21)27(3,4)5/h8-14,16,19,22,29,31H,15,17-18H2,1-7H3,(H,30,32). The topological polar surface area (TPSA) is 122 Å². The Balaban J connectivity index is 2.34. The molecule has 9 heteroatoms. The lowest BCUT2D eigenvalue weighted by Gasteiger charge is -2.35. The zero-order chi connectivity index (χ0) is 28.0. The normalized spacial score (nSPS) is 14.6. The number of benzene rings is 2. The second kappa shape index (κ2) is 12.1. The molecule has 0 bridgehead atoms. The van der Waals surface area contributed by atoms with E-state index in [-0.39, 0.29) is 29.9 Å². The molecule has 2 unspecified atom stereocenters. The van der Waals surface area contributed by atoms with Gasteiger partial charge in [-0.25, -0.2) is 13.2 Å². The van der Waals surface area contributed by atoms with Gasteiger partial charge in [0.15, 0.2) is 5.54 Å². The Morgan fingerprint density at radius 1 is 1.03 bits per heavy atom. The molecule has 8 nitrogen and oxygen atoms in total. The minimum absolute atomic E-state index is 0.00103. The lowest BCUT2D eigenvalue weighted by molar-refractivity contribution is -0.160. The molecule has 0 aliphatic carbocycles. The quantitative estimate of drug-likeness (QED) is 0.300. The van der Waals surface area contributed by atoms with Crippen LogP contribution in [0.1, 0.15) is 51.3 Å². The maximum atomic E-state index is 13.6. The summed E-state index contributed by atoms with van der Waals surface area (Å²) in [5.41, 5.74) is 0.184. The van der Waals surface area contributed by atoms with E-state index in [1.165, 1.54) is 7.05 Å². The molecule has 2 aromatic rings. The number of phenolic OH excluding ortho intramolecular Hbond substituents is 1. The first-order chi connectivity index (χ1) is 17.1. The highest BCUT2D eigenvalue weighted by molar-refractivity contribution is 7.90. The molecular formula is C28H40N2O6S. The Bertz CT molecular complexity index is 1190. The molecule has 0 saturated heterocycles. The molecule has 2 atom stereocenters. The van der Waals surface area contributed by atoms with Crippen LogP contribution >= 0.6 is 0 Å². The van der Waals surface area contributed by atoms with E-state index in [1.54, 1.807) is 26.0 Å². The van der Waals surface area contributed by atoms with Crippen LogP contribution in [0, 0.1) is 5.92 Å². The molecule has 0 aliphatic heterocycles. The Morgan fingerprint density at radius 2 is 1.65 bits per heavy atom. The lowest BCUT2D eigenvalue weighted by atomic mass is 9.84. The van der Waals surface area contributed by atoms with Gasteiger partial charge in [0.05, 0.1) is 5.75 Å². The number of rotatable bonds is 11. The molecule has 204 valence electrons. The monoisotopic (exact) mass is 532 g/mol. The Hall–Kier alpha value is -2.91. The van der Waals surface area contributed by atoms with Gasteiger partial charge in [-0.3, -0.25) is 10.1 Å². The van der Waals surface area contributed by atoms with Crippen LogP contribution in [0.2, 0.25) is 0 Å². The van der Waals surface area contributed by atoms with Crippen molar-refractivity contribution >= 4 is 21.7 Å². The van der Waals surface area contributed by atoms with E-state index in [1.807, 2.05) is 57.2 Å². The highest BCUT2D eigenvalue weighted by Crippen LogP contribution is 2.31. The van der Waals surface area contributed by atoms with Crippen molar-refractivity contribution in [2.75, 3.05) is 19.1 Å². The number of carbonyl (C=O) groups excluding carboxylic acids is 2. The van der Waals surface area contributed by atoms with Crippen LogP contribution in [0.15, 0.2) is 48.5 Å². The number of nitrogens with one attached hydrogen (secondary N) is 2. The molecule has 0 saturated carbocycles. The van der Waals surface area contributed by atoms with Crippen LogP contribution in [-0.2, 0) is 42.6 Å². The van der Waals surface area contributed by atoms with Crippen LogP contribution in [0.25, 0.3) is 0 Å². The maximum Gasteiger partial charge on any atom is 0.336 e. The molecule has 0 fully saturated rings. The summed E-state index contributed by atoms with van der Waals surface area (Å²) >= 11 is 0. The number of amides is 1. The van der Waals surface area contributed by atoms with E-state index in [2.05, 4.69) is 10.6 Å². The fraction of sp³-hybridized carbons (Fsp3) is 0.500. The number of hydrogen-bond donors (Lipinski definition) is 3. The third-order valence-corrected chi connectivity index (χ3v) is 7.35. The Morgan fingerprint density at radius 3 is 2.16 bits per heavy atom. The van der Waals surface area contributed by atoms with E-state index in [4.69, 9.17) is 4.74 Å². The first-order valence-electron chi connectivity index (χ1n) is 12.3. The fourth-order valence-corrected chi connectivity index (χ4v) is 5.28. The number of hydrogen-bond acceptors (Lipinski definition) is 7. The number of sulfone groups is 1. The summed E-state index contributed by atoms with van der Waals surface area (Å²) in [6.45, 7) is 9.34. The molecular weight excluding hydrogens is 492 g/mol. The SMILES string of the molecule is CNC(C(=O)NC(Cc1ccc(O)c(C(C)(C)C)c1)CS(C)(=O)=O)(C(=O)OCc1ccccc1)C(C)C. The first kappa shape index (κ1) is 30.3. The molecule has 37 heavy (non-hydrogen) atoms. The van der Waals surface area contributed by atoms with Gasteiger partial charge in [-0.05, 0) is 47.6 Å². The van der Waals surface area contributed by atoms with Crippen molar-refractivity contribution in [2.24, 2.45) is 5.92 Å². The van der Waals surface area contributed by atoms with E-state index in [9.17, 15) is 23.1 Å². The predicted molar refractivity (Wildman–Crippen MR) is 145 cm³/mol. The van der Waals surface area contributed by atoms with Crippen LogP contribution in [0.5, 0.6) is 5.75 Å². The molecule has 2 aromatic carbocycles. The van der Waals surface area contributed by atoms with Crippen molar-refractivity contribution in [3.05, 3.63) is 65.2 Å². The molecule has 0 aromatic heterocycles. The fourth-order valence-electron chi connectivity index (χ4n) is 4.34. The Labute approximate surface area is 220 Å². The van der Waals surface area contributed by atoms with Crippen molar-refractivity contribution in [2.45, 2.75) is 64.6 Å². The third-order valence-electron chi connectivity index (χ3n) is 6.34. The largest absolute Gasteiger partial charge is 0.508 e.